The predicted molar refractivity (Wildman–Crippen MR) is 119 cm³/mol. The van der Waals surface area contributed by atoms with Gasteiger partial charge in [0.2, 0.25) is 5.43 Å². The minimum absolute atomic E-state index is 0.177. The zero-order valence-electron chi connectivity index (χ0n) is 18.6. The van der Waals surface area contributed by atoms with Crippen LogP contribution in [0.4, 0.5) is 23.4 Å². The number of nitrogens with one attached hydrogen (secondary N) is 1. The van der Waals surface area contributed by atoms with Crippen LogP contribution in [-0.4, -0.2) is 56.5 Å². The number of rotatable bonds is 4. The molecule has 3 aliphatic carbocycles. The van der Waals surface area contributed by atoms with Crippen LogP contribution in [0.15, 0.2) is 29.2 Å². The van der Waals surface area contributed by atoms with E-state index in [-0.39, 0.29) is 18.9 Å². The van der Waals surface area contributed by atoms with Gasteiger partial charge in [0.1, 0.15) is 17.1 Å². The number of aliphatic hydroxyl groups is 2. The average Bonchev–Trinajstić information content (AvgIpc) is 3.08. The minimum atomic E-state index is -1.33. The molecule has 4 fully saturated rings. The van der Waals surface area contributed by atoms with Gasteiger partial charge in [0.15, 0.2) is 28.9 Å². The summed E-state index contributed by atoms with van der Waals surface area (Å²) in [5.41, 5.74) is -2.99. The summed E-state index contributed by atoms with van der Waals surface area (Å²) < 4.78 is 59.2. The molecule has 2 aromatic heterocycles. The van der Waals surface area contributed by atoms with Gasteiger partial charge in [-0.05, 0) is 31.2 Å². The van der Waals surface area contributed by atoms with Crippen LogP contribution >= 0.6 is 0 Å². The Bertz CT molecular complexity index is 1460. The maximum absolute atomic E-state index is 15.1. The molecule has 3 aromatic rings. The van der Waals surface area contributed by atoms with Crippen LogP contribution in [0.3, 0.4) is 0 Å². The fourth-order valence-electron chi connectivity index (χ4n) is 5.42. The molecule has 3 heterocycles. The first-order valence-corrected chi connectivity index (χ1v) is 11.4. The van der Waals surface area contributed by atoms with Crippen molar-refractivity contribution < 1.29 is 32.6 Å². The number of nitrogens with zero attached hydrogens (tertiary/aromatic N) is 3. The van der Waals surface area contributed by atoms with Gasteiger partial charge in [0.05, 0.1) is 17.6 Å². The van der Waals surface area contributed by atoms with E-state index in [1.54, 1.807) is 0 Å². The van der Waals surface area contributed by atoms with Gasteiger partial charge < -0.3 is 20.4 Å². The van der Waals surface area contributed by atoms with Crippen molar-refractivity contribution in [2.75, 3.05) is 18.0 Å². The lowest BCUT2D eigenvalue weighted by molar-refractivity contribution is -0.0438. The summed E-state index contributed by atoms with van der Waals surface area (Å²) >= 11 is 0. The first-order valence-electron chi connectivity index (χ1n) is 11.4. The second-order valence-corrected chi connectivity index (χ2v) is 9.88. The second-order valence-electron chi connectivity index (χ2n) is 9.88. The lowest BCUT2D eigenvalue weighted by atomic mass is 9.50. The van der Waals surface area contributed by atoms with Crippen LogP contribution in [0, 0.1) is 29.2 Å². The maximum Gasteiger partial charge on any atom is 0.257 e. The van der Waals surface area contributed by atoms with Crippen molar-refractivity contribution in [3.63, 3.8) is 0 Å². The van der Waals surface area contributed by atoms with Crippen LogP contribution in [0.2, 0.25) is 0 Å². The summed E-state index contributed by atoms with van der Waals surface area (Å²) in [7, 11) is 0. The number of hydrogen-bond acceptors (Lipinski definition) is 6. The number of benzene rings is 1. The Kier molecular flexibility index (Phi) is 4.93. The third-order valence-electron chi connectivity index (χ3n) is 7.36. The minimum Gasteiger partial charge on any atom is -0.389 e. The van der Waals surface area contributed by atoms with Crippen molar-refractivity contribution in [2.45, 2.75) is 37.0 Å². The number of hydrogen-bond donors (Lipinski definition) is 3. The Hall–Kier alpha value is -3.51. The number of carbonyl (C=O) groups is 1. The number of carbonyl (C=O) groups excluding carboxylic acids is 1. The highest BCUT2D eigenvalue weighted by atomic mass is 19.1. The van der Waals surface area contributed by atoms with Gasteiger partial charge in [-0.15, -0.1) is 0 Å². The largest absolute Gasteiger partial charge is 0.389 e. The topological polar surface area (TPSA) is 108 Å². The Balaban J connectivity index is 1.57. The first kappa shape index (κ1) is 22.9. The Morgan fingerprint density at radius 1 is 1.00 bits per heavy atom. The van der Waals surface area contributed by atoms with Crippen LogP contribution in [-0.2, 0) is 0 Å². The van der Waals surface area contributed by atoms with Crippen LogP contribution in [0.25, 0.3) is 16.7 Å². The van der Waals surface area contributed by atoms with Crippen LogP contribution < -0.4 is 15.6 Å². The van der Waals surface area contributed by atoms with Gasteiger partial charge in [-0.2, -0.15) is 0 Å². The standard InChI is InChI=1S/C24H20F4N4O4/c25-11-1-14(26)19(15(27)2-11)32-7-13(23(36)30-24-4-10(5-24)6-24)20(35)12-3-16(28)22(29-21(12)32)31-8-17(33)18(34)9-31/h1-3,7,10,17-18,33-34H,4-6,8-9H2,(H,30,36)/t10?,17-,18-,24?/m1/s1. The van der Waals surface area contributed by atoms with Gasteiger partial charge in [-0.25, -0.2) is 22.5 Å². The molecule has 1 aliphatic heterocycles. The summed E-state index contributed by atoms with van der Waals surface area (Å²) in [6.07, 6.45) is 0.865. The molecule has 8 nitrogen and oxygen atoms in total. The highest BCUT2D eigenvalue weighted by molar-refractivity contribution is 5.98. The van der Waals surface area contributed by atoms with Crippen molar-refractivity contribution in [2.24, 2.45) is 5.92 Å². The quantitative estimate of drug-likeness (QED) is 0.468. The number of amides is 1. The van der Waals surface area contributed by atoms with Crippen LogP contribution in [0.1, 0.15) is 29.6 Å². The fourth-order valence-corrected chi connectivity index (χ4v) is 5.42. The molecule has 2 bridgehead atoms. The number of halogens is 4. The molecule has 4 aliphatic rings. The number of aromatic nitrogens is 2. The predicted octanol–water partition coefficient (Wildman–Crippen LogP) is 1.77. The lowest BCUT2D eigenvalue weighted by Gasteiger charge is -2.61. The van der Waals surface area contributed by atoms with Gasteiger partial charge in [-0.1, -0.05) is 0 Å². The monoisotopic (exact) mass is 504 g/mol. The summed E-state index contributed by atoms with van der Waals surface area (Å²) in [6.45, 7) is -0.354. The zero-order valence-corrected chi connectivity index (χ0v) is 18.6. The molecule has 2 atom stereocenters. The van der Waals surface area contributed by atoms with E-state index in [2.05, 4.69) is 10.3 Å². The molecule has 36 heavy (non-hydrogen) atoms. The Labute approximate surface area is 200 Å². The van der Waals surface area contributed by atoms with E-state index in [4.69, 9.17) is 0 Å². The number of fused-ring (bicyclic) bond motifs is 1. The highest BCUT2D eigenvalue weighted by Crippen LogP contribution is 2.57. The van der Waals surface area contributed by atoms with Gasteiger partial charge in [-0.3, -0.25) is 14.2 Å². The zero-order chi connectivity index (χ0) is 25.5. The van der Waals surface area contributed by atoms with Gasteiger partial charge >= 0.3 is 0 Å². The van der Waals surface area contributed by atoms with Gasteiger partial charge in [0.25, 0.3) is 5.91 Å². The summed E-state index contributed by atoms with van der Waals surface area (Å²) in [4.78, 5) is 31.6. The lowest BCUT2D eigenvalue weighted by Crippen LogP contribution is -2.68. The van der Waals surface area contributed by atoms with Crippen molar-refractivity contribution >= 4 is 22.8 Å². The molecule has 0 unspecified atom stereocenters. The molecule has 1 saturated heterocycles. The first-order chi connectivity index (χ1) is 17.0. The van der Waals surface area contributed by atoms with E-state index in [1.165, 1.54) is 4.90 Å². The average molecular weight is 504 g/mol. The van der Waals surface area contributed by atoms with E-state index < -0.39 is 74.6 Å². The SMILES string of the molecule is O=C(NC12CC(C1)C2)c1cn(-c2c(F)cc(F)cc2F)c2nc(N3C[C@@H](O)[C@H](O)C3)c(F)cc2c1=O. The summed E-state index contributed by atoms with van der Waals surface area (Å²) in [5.74, 6) is -5.46. The molecular weight excluding hydrogens is 484 g/mol. The van der Waals surface area contributed by atoms with E-state index >= 15 is 4.39 Å². The molecule has 12 heteroatoms. The Morgan fingerprint density at radius 2 is 1.61 bits per heavy atom. The van der Waals surface area contributed by atoms with Gasteiger partial charge in [0, 0.05) is 37.0 Å². The third-order valence-corrected chi connectivity index (χ3v) is 7.36. The van der Waals surface area contributed by atoms with E-state index in [1.807, 2.05) is 0 Å². The molecule has 188 valence electrons. The highest BCUT2D eigenvalue weighted by Gasteiger charge is 2.57. The molecule has 3 saturated carbocycles. The fraction of sp³-hybridized carbons (Fsp3) is 0.375. The molecule has 0 spiro atoms. The van der Waals surface area contributed by atoms with Crippen LogP contribution in [0.5, 0.6) is 0 Å². The molecule has 1 amide bonds. The van der Waals surface area contributed by atoms with Crippen molar-refractivity contribution in [1.82, 2.24) is 14.9 Å². The number of aliphatic hydroxyl groups excluding tert-OH is 2. The van der Waals surface area contributed by atoms with Crippen molar-refractivity contribution in [3.05, 3.63) is 63.5 Å². The van der Waals surface area contributed by atoms with Crippen molar-refractivity contribution in [3.8, 4) is 5.69 Å². The van der Waals surface area contributed by atoms with E-state index in [0.29, 0.717) is 18.1 Å². The molecule has 3 N–H and O–H groups in total. The Morgan fingerprint density at radius 3 is 2.17 bits per heavy atom. The second kappa shape index (κ2) is 7.74. The molecule has 0 radical (unpaired) electrons. The normalized spacial score (nSPS) is 26.6. The third kappa shape index (κ3) is 3.39. The number of pyridine rings is 2. The number of anilines is 1. The summed E-state index contributed by atoms with van der Waals surface area (Å²) in [5, 5.41) is 22.1. The molecule has 7 rings (SSSR count). The maximum atomic E-state index is 15.1. The van der Waals surface area contributed by atoms with Crippen molar-refractivity contribution in [1.29, 1.82) is 0 Å². The number of β-amino-alcohol motifs (C(OH)–C–C–N with tert-alkyl or cyclic N) is 2. The molecular formula is C24H20F4N4O4. The van der Waals surface area contributed by atoms with E-state index in [9.17, 15) is 33.0 Å². The molecule has 1 aromatic carbocycles. The smallest absolute Gasteiger partial charge is 0.257 e. The van der Waals surface area contributed by atoms with E-state index in [0.717, 1.165) is 36.1 Å². The summed E-state index contributed by atoms with van der Waals surface area (Å²) in [6, 6.07) is 1.66.